The number of nitrogens with zero attached hydrogens (tertiary/aromatic N) is 4. The standard InChI is InChI=1S/C31H48N4O5S/c1-7-8-12-28-29-14-13-25(20-32(4)5)33(29)16-17-34(28)30(36)22-40-21-26-11-9-10-15-35(26)41(37,38)31-23(2)18-27(39-6)19-24(31)3/h13-14,18-19,26,28H,7-12,15-17,20-22H2,1-6H3. The Morgan fingerprint density at radius 1 is 1.07 bits per heavy atom. The number of methoxy groups -OCH3 is 1. The number of unbranched alkanes of at least 4 members (excludes halogenated alkanes) is 1. The van der Waals surface area contributed by atoms with E-state index in [2.05, 4.69) is 42.6 Å². The summed E-state index contributed by atoms with van der Waals surface area (Å²) in [4.78, 5) is 18.0. The minimum Gasteiger partial charge on any atom is -0.497 e. The van der Waals surface area contributed by atoms with E-state index in [-0.39, 0.29) is 31.2 Å². The lowest BCUT2D eigenvalue weighted by Crippen LogP contribution is -2.47. The summed E-state index contributed by atoms with van der Waals surface area (Å²) in [6.07, 6.45) is 5.49. The van der Waals surface area contributed by atoms with Gasteiger partial charge in [-0.15, -0.1) is 0 Å². The maximum atomic E-state index is 13.9. The molecule has 2 aromatic rings. The molecule has 2 aliphatic heterocycles. The summed E-state index contributed by atoms with van der Waals surface area (Å²) < 4.78 is 43.0. The number of benzene rings is 1. The van der Waals surface area contributed by atoms with Crippen molar-refractivity contribution >= 4 is 15.9 Å². The summed E-state index contributed by atoms with van der Waals surface area (Å²) >= 11 is 0. The third-order valence-corrected chi connectivity index (χ3v) is 10.6. The van der Waals surface area contributed by atoms with Crippen LogP contribution in [0.15, 0.2) is 29.2 Å². The van der Waals surface area contributed by atoms with Crippen LogP contribution in [0.1, 0.15) is 74.0 Å². The summed E-state index contributed by atoms with van der Waals surface area (Å²) in [5, 5.41) is 0. The lowest BCUT2D eigenvalue weighted by molar-refractivity contribution is -0.140. The average Bonchev–Trinajstić information content (AvgIpc) is 3.33. The van der Waals surface area contributed by atoms with E-state index >= 15 is 0 Å². The van der Waals surface area contributed by atoms with Gasteiger partial charge in [-0.05, 0) is 82.6 Å². The molecule has 10 heteroatoms. The Morgan fingerprint density at radius 3 is 2.46 bits per heavy atom. The van der Waals surface area contributed by atoms with E-state index < -0.39 is 10.0 Å². The number of fused-ring (bicyclic) bond motifs is 1. The molecule has 0 bridgehead atoms. The van der Waals surface area contributed by atoms with Crippen LogP contribution in [0, 0.1) is 13.8 Å². The van der Waals surface area contributed by atoms with Crippen molar-refractivity contribution in [3.05, 3.63) is 46.8 Å². The number of carbonyl (C=O) groups is 1. The number of amides is 1. The highest BCUT2D eigenvalue weighted by molar-refractivity contribution is 7.89. The second kappa shape index (κ2) is 13.7. The first kappa shape index (κ1) is 31.5. The monoisotopic (exact) mass is 588 g/mol. The molecule has 1 saturated heterocycles. The molecule has 0 aliphatic carbocycles. The zero-order valence-electron chi connectivity index (χ0n) is 25.7. The van der Waals surface area contributed by atoms with Gasteiger partial charge in [0.25, 0.3) is 0 Å². The molecule has 2 atom stereocenters. The van der Waals surface area contributed by atoms with Crippen molar-refractivity contribution in [3.63, 3.8) is 0 Å². The minimum absolute atomic E-state index is 0.0280. The first-order chi connectivity index (χ1) is 19.6. The molecule has 0 radical (unpaired) electrons. The molecular formula is C31H48N4O5S. The third-order valence-electron chi connectivity index (χ3n) is 8.36. The molecule has 1 aromatic carbocycles. The van der Waals surface area contributed by atoms with Crippen molar-refractivity contribution in [3.8, 4) is 5.75 Å². The molecule has 3 heterocycles. The van der Waals surface area contributed by atoms with Crippen LogP contribution in [0.4, 0.5) is 0 Å². The summed E-state index contributed by atoms with van der Waals surface area (Å²) in [5.41, 5.74) is 3.81. The van der Waals surface area contributed by atoms with Crippen molar-refractivity contribution in [1.29, 1.82) is 0 Å². The second-order valence-electron chi connectivity index (χ2n) is 11.8. The maximum absolute atomic E-state index is 13.9. The van der Waals surface area contributed by atoms with Crippen molar-refractivity contribution in [1.82, 2.24) is 18.7 Å². The Labute approximate surface area is 246 Å². The molecule has 0 N–H and O–H groups in total. The number of aromatic nitrogens is 1. The number of ether oxygens (including phenoxy) is 2. The summed E-state index contributed by atoms with van der Waals surface area (Å²) in [7, 11) is 1.99. The van der Waals surface area contributed by atoms with Crippen LogP contribution >= 0.6 is 0 Å². The van der Waals surface area contributed by atoms with Gasteiger partial charge in [0, 0.05) is 43.6 Å². The number of carbonyl (C=O) groups excluding carboxylic acids is 1. The number of hydrogen-bond donors (Lipinski definition) is 0. The Hall–Kier alpha value is -2.40. The first-order valence-corrected chi connectivity index (χ1v) is 16.4. The zero-order valence-corrected chi connectivity index (χ0v) is 26.5. The quantitative estimate of drug-likeness (QED) is 0.363. The SMILES string of the molecule is CCCCC1c2ccc(CN(C)C)n2CCN1C(=O)COCC1CCCCN1S(=O)(=O)c1c(C)cc(OC)cc1C. The van der Waals surface area contributed by atoms with Gasteiger partial charge in [-0.25, -0.2) is 8.42 Å². The molecule has 0 spiro atoms. The van der Waals surface area contributed by atoms with E-state index in [0.29, 0.717) is 41.3 Å². The van der Waals surface area contributed by atoms with Gasteiger partial charge in [-0.1, -0.05) is 26.2 Å². The van der Waals surface area contributed by atoms with Crippen LogP contribution in [0.3, 0.4) is 0 Å². The Kier molecular flexibility index (Phi) is 10.5. The predicted molar refractivity (Wildman–Crippen MR) is 161 cm³/mol. The largest absolute Gasteiger partial charge is 0.497 e. The van der Waals surface area contributed by atoms with Gasteiger partial charge in [0.2, 0.25) is 15.9 Å². The normalized spacial score (nSPS) is 19.9. The van der Waals surface area contributed by atoms with Gasteiger partial charge >= 0.3 is 0 Å². The fourth-order valence-corrected chi connectivity index (χ4v) is 8.55. The summed E-state index contributed by atoms with van der Waals surface area (Å²) in [6.45, 7) is 8.70. The molecule has 2 unspecified atom stereocenters. The molecule has 1 aromatic heterocycles. The van der Waals surface area contributed by atoms with Gasteiger partial charge in [-0.2, -0.15) is 4.31 Å². The topological polar surface area (TPSA) is 84.3 Å². The van der Waals surface area contributed by atoms with Crippen LogP contribution in [0.5, 0.6) is 5.75 Å². The van der Waals surface area contributed by atoms with Crippen LogP contribution in [-0.2, 0) is 32.6 Å². The zero-order chi connectivity index (χ0) is 29.7. The first-order valence-electron chi connectivity index (χ1n) is 15.0. The van der Waals surface area contributed by atoms with Crippen molar-refractivity contribution in [2.24, 2.45) is 0 Å². The lowest BCUT2D eigenvalue weighted by atomic mass is 10.0. The number of hydrogen-bond acceptors (Lipinski definition) is 6. The lowest BCUT2D eigenvalue weighted by Gasteiger charge is -2.38. The van der Waals surface area contributed by atoms with Gasteiger partial charge in [-0.3, -0.25) is 4.79 Å². The molecule has 228 valence electrons. The van der Waals surface area contributed by atoms with Gasteiger partial charge in [0.1, 0.15) is 12.4 Å². The van der Waals surface area contributed by atoms with Crippen LogP contribution in [0.25, 0.3) is 0 Å². The fraction of sp³-hybridized carbons (Fsp3) is 0.645. The Balaban J connectivity index is 1.44. The molecule has 1 amide bonds. The molecule has 0 saturated carbocycles. The predicted octanol–water partition coefficient (Wildman–Crippen LogP) is 4.51. The number of sulfonamides is 1. The average molecular weight is 589 g/mol. The fourth-order valence-electron chi connectivity index (χ4n) is 6.45. The smallest absolute Gasteiger partial charge is 0.249 e. The van der Waals surface area contributed by atoms with E-state index in [4.69, 9.17) is 9.47 Å². The van der Waals surface area contributed by atoms with Crippen LogP contribution < -0.4 is 4.74 Å². The number of piperidine rings is 1. The number of rotatable bonds is 12. The molecule has 41 heavy (non-hydrogen) atoms. The second-order valence-corrected chi connectivity index (χ2v) is 13.6. The van der Waals surface area contributed by atoms with Gasteiger partial charge in [0.15, 0.2) is 0 Å². The van der Waals surface area contributed by atoms with Crippen LogP contribution in [0.2, 0.25) is 0 Å². The molecule has 2 aliphatic rings. The third kappa shape index (κ3) is 6.98. The van der Waals surface area contributed by atoms with Crippen molar-refractivity contribution in [2.45, 2.75) is 89.4 Å². The Bertz CT molecular complexity index is 1280. The highest BCUT2D eigenvalue weighted by Crippen LogP contribution is 2.34. The number of aryl methyl sites for hydroxylation is 2. The summed E-state index contributed by atoms with van der Waals surface area (Å²) in [6, 6.07) is 7.62. The Morgan fingerprint density at radius 2 is 1.80 bits per heavy atom. The highest BCUT2D eigenvalue weighted by atomic mass is 32.2. The summed E-state index contributed by atoms with van der Waals surface area (Å²) in [5.74, 6) is 0.618. The van der Waals surface area contributed by atoms with Crippen molar-refractivity contribution < 1.29 is 22.7 Å². The van der Waals surface area contributed by atoms with E-state index in [0.717, 1.165) is 45.2 Å². The van der Waals surface area contributed by atoms with Crippen molar-refractivity contribution in [2.75, 3.05) is 47.5 Å². The maximum Gasteiger partial charge on any atom is 0.249 e. The molecule has 1 fully saturated rings. The minimum atomic E-state index is -3.73. The highest BCUT2D eigenvalue weighted by Gasteiger charge is 2.36. The van der Waals surface area contributed by atoms with E-state index in [1.807, 2.05) is 18.7 Å². The molecule has 9 nitrogen and oxygen atoms in total. The molecular weight excluding hydrogens is 540 g/mol. The van der Waals surface area contributed by atoms with Gasteiger partial charge in [0.05, 0.1) is 24.7 Å². The van der Waals surface area contributed by atoms with E-state index in [9.17, 15) is 13.2 Å². The van der Waals surface area contributed by atoms with E-state index in [1.165, 1.54) is 11.4 Å². The van der Waals surface area contributed by atoms with E-state index in [1.54, 1.807) is 23.5 Å². The van der Waals surface area contributed by atoms with Crippen LogP contribution in [-0.4, -0.2) is 86.5 Å². The van der Waals surface area contributed by atoms with Gasteiger partial charge < -0.3 is 23.8 Å². The molecule has 4 rings (SSSR count).